The van der Waals surface area contributed by atoms with E-state index in [4.69, 9.17) is 0 Å². The SMILES string of the molecule is CCCCCCc1ccsc1-c1ccc(-c2ccc(-c3sc(-c4sc(-c5ccc(-c6ccc(-c7sc(-c8ccc(C(c9ccc(CS)cc9)(c9ccc(CS)cc9)c9ccc(CS)cc9)cc8)cc7CCCCCC)s6)s5)cc4CCCCCC)cc3CCCCCC)s2)s1. The highest BCUT2D eigenvalue weighted by Gasteiger charge is 2.39. The van der Waals surface area contributed by atoms with Crippen molar-refractivity contribution in [2.24, 2.45) is 0 Å². The van der Waals surface area contributed by atoms with Crippen LogP contribution in [0.2, 0.25) is 0 Å². The largest absolute Gasteiger partial charge is 0.175 e. The van der Waals surface area contributed by atoms with E-state index in [-0.39, 0.29) is 0 Å². The average molecular weight is 1450 g/mol. The molecule has 0 nitrogen and oxygen atoms in total. The number of aryl methyl sites for hydroxylation is 4. The molecule has 0 saturated heterocycles. The predicted molar refractivity (Wildman–Crippen MR) is 441 cm³/mol. The highest BCUT2D eigenvalue weighted by atomic mass is 32.1. The van der Waals surface area contributed by atoms with Crippen LogP contribution >= 0.6 is 129 Å². The maximum absolute atomic E-state index is 4.66. The lowest BCUT2D eigenvalue weighted by Crippen LogP contribution is -2.31. The Morgan fingerprint density at radius 1 is 0.263 bits per heavy atom. The molecule has 0 fully saturated rings. The molecule has 0 aliphatic rings. The van der Waals surface area contributed by atoms with Gasteiger partial charge in [-0.3, -0.25) is 0 Å². The quantitative estimate of drug-likeness (QED) is 0.0197. The Labute approximate surface area is 616 Å². The molecule has 4 aromatic carbocycles. The highest BCUT2D eigenvalue weighted by molar-refractivity contribution is 7.79. The van der Waals surface area contributed by atoms with Crippen LogP contribution in [0.1, 0.15) is 192 Å². The summed E-state index contributed by atoms with van der Waals surface area (Å²) in [6.07, 6.45) is 24.9. The Hall–Kier alpha value is -4.47. The molecule has 0 saturated carbocycles. The third kappa shape index (κ3) is 16.6. The first kappa shape index (κ1) is 70.4. The zero-order valence-corrected chi connectivity index (χ0v) is 64.8. The molecule has 11 heteroatoms. The van der Waals surface area contributed by atoms with Crippen LogP contribution in [0.15, 0.2) is 175 Å². The van der Waals surface area contributed by atoms with Crippen molar-refractivity contribution in [1.82, 2.24) is 0 Å². The lowest BCUT2D eigenvalue weighted by atomic mass is 9.65. The van der Waals surface area contributed by atoms with Crippen molar-refractivity contribution in [1.29, 1.82) is 0 Å². The Bertz CT molecular complexity index is 4190. The topological polar surface area (TPSA) is 0 Å². The molecule has 0 atom stereocenters. The standard InChI is InChI=1S/C84H90S11/c1-5-9-13-17-21-61-49-50-88-80(61)74-46-43-71(90-74)72-45-48-76(92-72)82-64(24-20-16-12-8-4)53-79(95-82)83-63(23-19-15-11-7-3)52-78(94-83)73-42-41-69(89-73)70-44-47-75(91-70)81-62(22-18-14-10-6-2)51-77(93-81)60-31-39-68(40-32-60)84(65-33-25-57(54-85)26-34-65,66-35-27-58(55-86)28-36-66)67-37-29-59(56-87)30-38-67/h25-53,85-87H,5-24,54-56H2,1-4H3. The monoisotopic (exact) mass is 1450 g/mol. The number of thiophene rings is 8. The minimum atomic E-state index is -0.569. The molecular weight excluding hydrogens is 1360 g/mol. The maximum Gasteiger partial charge on any atom is 0.0701 e. The van der Waals surface area contributed by atoms with Gasteiger partial charge in [0.25, 0.3) is 0 Å². The Balaban J connectivity index is 0.838. The summed E-state index contributed by atoms with van der Waals surface area (Å²) in [6, 6.07) is 66.2. The van der Waals surface area contributed by atoms with E-state index in [0.717, 1.165) is 19.3 Å². The third-order valence-corrected chi connectivity index (χ3v) is 30.0. The van der Waals surface area contributed by atoms with E-state index in [9.17, 15) is 0 Å². The zero-order chi connectivity index (χ0) is 65.5. The van der Waals surface area contributed by atoms with Gasteiger partial charge in [-0.1, -0.05) is 202 Å². The number of rotatable bonds is 35. The number of hydrogen-bond acceptors (Lipinski definition) is 11. The molecular formula is C84H90S11. The van der Waals surface area contributed by atoms with E-state index in [0.29, 0.717) is 17.3 Å². The smallest absolute Gasteiger partial charge is 0.0701 e. The molecule has 8 aromatic heterocycles. The minimum absolute atomic E-state index is 0.569. The van der Waals surface area contributed by atoms with Gasteiger partial charge < -0.3 is 0 Å². The van der Waals surface area contributed by atoms with Gasteiger partial charge in [0.2, 0.25) is 0 Å². The number of unbranched alkanes of at least 4 members (excludes halogenated alkanes) is 12. The van der Waals surface area contributed by atoms with Crippen LogP contribution in [0, 0.1) is 0 Å². The van der Waals surface area contributed by atoms with Crippen LogP contribution in [0.25, 0.3) is 78.7 Å². The fourth-order valence-electron chi connectivity index (χ4n) is 13.4. The second kappa shape index (κ2) is 34.5. The van der Waals surface area contributed by atoms with Crippen molar-refractivity contribution in [2.75, 3.05) is 0 Å². The van der Waals surface area contributed by atoms with Crippen molar-refractivity contribution < 1.29 is 0 Å². The number of benzene rings is 4. The summed E-state index contributed by atoms with van der Waals surface area (Å²) >= 11 is 29.9. The van der Waals surface area contributed by atoms with E-state index >= 15 is 0 Å². The molecule has 0 unspecified atom stereocenters. The number of thiol groups is 3. The first-order valence-electron chi connectivity index (χ1n) is 34.8. The molecule has 0 amide bonds. The van der Waals surface area contributed by atoms with Gasteiger partial charge in [0.1, 0.15) is 0 Å². The molecule has 0 spiro atoms. The van der Waals surface area contributed by atoms with Gasteiger partial charge in [0.05, 0.1) is 5.41 Å². The lowest BCUT2D eigenvalue weighted by molar-refractivity contribution is 0.667. The lowest BCUT2D eigenvalue weighted by Gasteiger charge is -2.37. The molecule has 0 N–H and O–H groups in total. The molecule has 95 heavy (non-hydrogen) atoms. The van der Waals surface area contributed by atoms with E-state index in [1.807, 2.05) is 79.4 Å². The fourth-order valence-corrected chi connectivity index (χ4v) is 23.5. The summed E-state index contributed by atoms with van der Waals surface area (Å²) in [7, 11) is 0. The third-order valence-electron chi connectivity index (χ3n) is 18.7. The molecule has 0 radical (unpaired) electrons. The van der Waals surface area contributed by atoms with Crippen molar-refractivity contribution >= 4 is 129 Å². The second-order valence-corrected chi connectivity index (χ2v) is 34.8. The second-order valence-electron chi connectivity index (χ2n) is 25.5. The van der Waals surface area contributed by atoms with Crippen LogP contribution in [0.3, 0.4) is 0 Å². The Morgan fingerprint density at radius 3 is 0.968 bits per heavy atom. The molecule has 12 aromatic rings. The summed E-state index contributed by atoms with van der Waals surface area (Å²) in [6.45, 7) is 9.27. The van der Waals surface area contributed by atoms with Crippen LogP contribution < -0.4 is 0 Å². The average Bonchev–Trinajstić information content (AvgIpc) is 1.09. The van der Waals surface area contributed by atoms with E-state index in [2.05, 4.69) is 252 Å². The molecule has 8 heterocycles. The summed E-state index contributed by atoms with van der Waals surface area (Å²) in [5, 5.41) is 2.30. The van der Waals surface area contributed by atoms with Gasteiger partial charge >= 0.3 is 0 Å². The first-order chi connectivity index (χ1) is 46.7. The van der Waals surface area contributed by atoms with Gasteiger partial charge in [-0.2, -0.15) is 37.9 Å². The normalized spacial score (nSPS) is 11.9. The van der Waals surface area contributed by atoms with Crippen molar-refractivity contribution in [3.8, 4) is 78.7 Å². The molecule has 0 aliphatic heterocycles. The first-order valence-corrected chi connectivity index (χ1v) is 43.3. The maximum atomic E-state index is 4.66. The molecule has 492 valence electrons. The van der Waals surface area contributed by atoms with Crippen LogP contribution in [0.4, 0.5) is 0 Å². The predicted octanol–water partition coefficient (Wildman–Crippen LogP) is 29.7. The fraction of sp³-hybridized carbons (Fsp3) is 0.333. The van der Waals surface area contributed by atoms with Gasteiger partial charge in [-0.15, -0.1) is 90.7 Å². The Morgan fingerprint density at radius 2 is 0.568 bits per heavy atom. The van der Waals surface area contributed by atoms with Gasteiger partial charge in [0.15, 0.2) is 0 Å². The van der Waals surface area contributed by atoms with Crippen molar-refractivity contribution in [2.45, 2.75) is 179 Å². The van der Waals surface area contributed by atoms with E-state index in [1.54, 1.807) is 0 Å². The van der Waals surface area contributed by atoms with E-state index in [1.165, 1.54) is 249 Å². The summed E-state index contributed by atoms with van der Waals surface area (Å²) in [4.78, 5) is 21.1. The summed E-state index contributed by atoms with van der Waals surface area (Å²) in [5.74, 6) is 2.09. The summed E-state index contributed by atoms with van der Waals surface area (Å²) < 4.78 is 0. The molecule has 0 bridgehead atoms. The minimum Gasteiger partial charge on any atom is -0.175 e. The van der Waals surface area contributed by atoms with Gasteiger partial charge in [-0.25, -0.2) is 0 Å². The van der Waals surface area contributed by atoms with Crippen molar-refractivity contribution in [3.63, 3.8) is 0 Å². The zero-order valence-electron chi connectivity index (χ0n) is 55.6. The van der Waals surface area contributed by atoms with Gasteiger partial charge in [-0.05, 0) is 196 Å². The van der Waals surface area contributed by atoms with Gasteiger partial charge in [0, 0.05) is 90.4 Å². The van der Waals surface area contributed by atoms with Crippen LogP contribution in [0.5, 0.6) is 0 Å². The van der Waals surface area contributed by atoms with Crippen molar-refractivity contribution in [3.05, 3.63) is 236 Å². The number of hydrogen-bond donors (Lipinski definition) is 3. The summed E-state index contributed by atoms with van der Waals surface area (Å²) in [5.41, 5.74) is 15.3. The highest BCUT2D eigenvalue weighted by Crippen LogP contribution is 2.53. The Kier molecular flexibility index (Phi) is 25.6. The van der Waals surface area contributed by atoms with E-state index < -0.39 is 5.41 Å². The van der Waals surface area contributed by atoms with Crippen LogP contribution in [-0.4, -0.2) is 0 Å². The van der Waals surface area contributed by atoms with Crippen LogP contribution in [-0.2, 0) is 48.4 Å². The molecule has 0 aliphatic carbocycles. The molecule has 12 rings (SSSR count).